The SMILES string of the molecule is CCOC(=O)C/C=C1/C(=O)CC(COCc2ccccc2)N=C1c1ccccc1. The number of aliphatic imine (C=N–C) groups is 1. The number of ketones is 1. The molecule has 0 amide bonds. The molecule has 0 fully saturated rings. The van der Waals surface area contributed by atoms with Gasteiger partial charge in [-0.15, -0.1) is 0 Å². The zero-order chi connectivity index (χ0) is 20.5. The van der Waals surface area contributed by atoms with Crippen LogP contribution < -0.4 is 0 Å². The summed E-state index contributed by atoms with van der Waals surface area (Å²) in [6.07, 6.45) is 1.95. The summed E-state index contributed by atoms with van der Waals surface area (Å²) in [4.78, 5) is 29.4. The second kappa shape index (κ2) is 10.5. The van der Waals surface area contributed by atoms with Crippen molar-refractivity contribution in [3.63, 3.8) is 0 Å². The highest BCUT2D eigenvalue weighted by Crippen LogP contribution is 2.22. The summed E-state index contributed by atoms with van der Waals surface area (Å²) in [6, 6.07) is 19.2. The van der Waals surface area contributed by atoms with Crippen LogP contribution >= 0.6 is 0 Å². The quantitative estimate of drug-likeness (QED) is 0.505. The van der Waals surface area contributed by atoms with E-state index in [0.29, 0.717) is 31.1 Å². The molecule has 2 aromatic carbocycles. The molecule has 0 N–H and O–H groups in total. The number of rotatable bonds is 8. The van der Waals surface area contributed by atoms with Crippen LogP contribution in [0.2, 0.25) is 0 Å². The standard InChI is InChI=1S/C24H25NO4/c1-2-29-23(27)14-13-21-22(26)15-20(17-28-16-18-9-5-3-6-10-18)25-24(21)19-11-7-4-8-12-19/h3-13,20H,2,14-17H2,1H3/b21-13-. The average molecular weight is 391 g/mol. The fourth-order valence-electron chi connectivity index (χ4n) is 3.18. The highest BCUT2D eigenvalue weighted by atomic mass is 16.5. The van der Waals surface area contributed by atoms with Gasteiger partial charge in [-0.05, 0) is 12.5 Å². The number of hydrogen-bond acceptors (Lipinski definition) is 5. The highest BCUT2D eigenvalue weighted by molar-refractivity contribution is 6.30. The number of allylic oxidation sites excluding steroid dienone is 1. The van der Waals surface area contributed by atoms with Crippen molar-refractivity contribution in [2.75, 3.05) is 13.2 Å². The van der Waals surface area contributed by atoms with E-state index >= 15 is 0 Å². The predicted molar refractivity (Wildman–Crippen MR) is 112 cm³/mol. The Balaban J connectivity index is 1.76. The third-order valence-corrected chi connectivity index (χ3v) is 4.54. The van der Waals surface area contributed by atoms with Gasteiger partial charge in [-0.2, -0.15) is 0 Å². The molecular formula is C24H25NO4. The maximum absolute atomic E-state index is 12.8. The zero-order valence-corrected chi connectivity index (χ0v) is 16.5. The van der Waals surface area contributed by atoms with Crippen LogP contribution in [0.5, 0.6) is 0 Å². The first-order chi connectivity index (χ1) is 14.2. The van der Waals surface area contributed by atoms with Crippen LogP contribution in [0.25, 0.3) is 0 Å². The maximum Gasteiger partial charge on any atom is 0.309 e. The second-order valence-electron chi connectivity index (χ2n) is 6.75. The number of benzene rings is 2. The molecule has 29 heavy (non-hydrogen) atoms. The normalized spacial score (nSPS) is 17.8. The fraction of sp³-hybridized carbons (Fsp3) is 0.292. The van der Waals surface area contributed by atoms with Crippen molar-refractivity contribution in [2.24, 2.45) is 4.99 Å². The van der Waals surface area contributed by atoms with E-state index in [9.17, 15) is 9.59 Å². The van der Waals surface area contributed by atoms with Crippen LogP contribution in [-0.4, -0.2) is 36.7 Å². The lowest BCUT2D eigenvalue weighted by Crippen LogP contribution is -2.30. The molecule has 150 valence electrons. The van der Waals surface area contributed by atoms with E-state index in [1.807, 2.05) is 60.7 Å². The van der Waals surface area contributed by atoms with E-state index in [0.717, 1.165) is 11.1 Å². The highest BCUT2D eigenvalue weighted by Gasteiger charge is 2.27. The van der Waals surface area contributed by atoms with Crippen LogP contribution in [-0.2, 0) is 25.7 Å². The molecular weight excluding hydrogens is 366 g/mol. The lowest BCUT2D eigenvalue weighted by Gasteiger charge is -2.22. The number of carbonyl (C=O) groups is 2. The summed E-state index contributed by atoms with van der Waals surface area (Å²) in [5, 5.41) is 0. The molecule has 1 aliphatic rings. The van der Waals surface area contributed by atoms with Gasteiger partial charge in [-0.25, -0.2) is 0 Å². The molecule has 0 bridgehead atoms. The lowest BCUT2D eigenvalue weighted by molar-refractivity contribution is -0.142. The molecule has 1 aliphatic heterocycles. The Morgan fingerprint density at radius 2 is 1.79 bits per heavy atom. The number of Topliss-reactive ketones (excluding diaryl/α,β-unsaturated/α-hetero) is 1. The summed E-state index contributed by atoms with van der Waals surface area (Å²) in [5.41, 5.74) is 3.02. The topological polar surface area (TPSA) is 65.0 Å². The van der Waals surface area contributed by atoms with Gasteiger partial charge in [0.1, 0.15) is 0 Å². The Bertz CT molecular complexity index is 888. The number of ether oxygens (including phenoxy) is 2. The van der Waals surface area contributed by atoms with Gasteiger partial charge in [0.2, 0.25) is 0 Å². The van der Waals surface area contributed by atoms with Crippen molar-refractivity contribution in [1.82, 2.24) is 0 Å². The molecule has 0 saturated heterocycles. The molecule has 5 heteroatoms. The third-order valence-electron chi connectivity index (χ3n) is 4.54. The molecule has 0 radical (unpaired) electrons. The molecule has 0 aliphatic carbocycles. The number of nitrogens with zero attached hydrogens (tertiary/aromatic N) is 1. The summed E-state index contributed by atoms with van der Waals surface area (Å²) in [7, 11) is 0. The van der Waals surface area contributed by atoms with Gasteiger partial charge in [0.15, 0.2) is 5.78 Å². The second-order valence-corrected chi connectivity index (χ2v) is 6.75. The van der Waals surface area contributed by atoms with E-state index in [1.165, 1.54) is 0 Å². The molecule has 0 saturated carbocycles. The first-order valence-electron chi connectivity index (χ1n) is 9.81. The number of carbonyl (C=O) groups excluding carboxylic acids is 2. The van der Waals surface area contributed by atoms with Gasteiger partial charge in [0, 0.05) is 17.6 Å². The molecule has 0 aromatic heterocycles. The minimum Gasteiger partial charge on any atom is -0.466 e. The Labute approximate surface area is 171 Å². The Morgan fingerprint density at radius 3 is 2.48 bits per heavy atom. The van der Waals surface area contributed by atoms with Gasteiger partial charge < -0.3 is 9.47 Å². The van der Waals surface area contributed by atoms with Crippen molar-refractivity contribution in [3.8, 4) is 0 Å². The van der Waals surface area contributed by atoms with Crippen LogP contribution in [0.3, 0.4) is 0 Å². The first kappa shape index (κ1) is 20.7. The first-order valence-corrected chi connectivity index (χ1v) is 9.81. The minimum absolute atomic E-state index is 0.0311. The van der Waals surface area contributed by atoms with Gasteiger partial charge in [-0.1, -0.05) is 66.7 Å². The van der Waals surface area contributed by atoms with Crippen LogP contribution in [0.4, 0.5) is 0 Å². The molecule has 2 aromatic rings. The predicted octanol–water partition coefficient (Wildman–Crippen LogP) is 3.91. The van der Waals surface area contributed by atoms with Crippen LogP contribution in [0.1, 0.15) is 30.9 Å². The summed E-state index contributed by atoms with van der Waals surface area (Å²) < 4.78 is 10.8. The van der Waals surface area contributed by atoms with Gasteiger partial charge in [0.05, 0.1) is 38.0 Å². The van der Waals surface area contributed by atoms with Gasteiger partial charge in [0.25, 0.3) is 0 Å². The average Bonchev–Trinajstić information content (AvgIpc) is 2.74. The van der Waals surface area contributed by atoms with E-state index in [4.69, 9.17) is 14.5 Å². The van der Waals surface area contributed by atoms with Gasteiger partial charge in [-0.3, -0.25) is 14.6 Å². The van der Waals surface area contributed by atoms with Crippen molar-refractivity contribution in [1.29, 1.82) is 0 Å². The molecule has 1 unspecified atom stereocenters. The Hall–Kier alpha value is -3.05. The molecule has 1 atom stereocenters. The zero-order valence-electron chi connectivity index (χ0n) is 16.5. The van der Waals surface area contributed by atoms with Crippen molar-refractivity contribution >= 4 is 17.5 Å². The summed E-state index contributed by atoms with van der Waals surface area (Å²) in [5.74, 6) is -0.384. The van der Waals surface area contributed by atoms with Crippen molar-refractivity contribution < 1.29 is 19.1 Å². The number of esters is 1. The molecule has 1 heterocycles. The van der Waals surface area contributed by atoms with E-state index in [1.54, 1.807) is 13.0 Å². The third kappa shape index (κ3) is 5.96. The smallest absolute Gasteiger partial charge is 0.309 e. The molecule has 3 rings (SSSR count). The monoisotopic (exact) mass is 391 g/mol. The Morgan fingerprint density at radius 1 is 1.10 bits per heavy atom. The largest absolute Gasteiger partial charge is 0.466 e. The van der Waals surface area contributed by atoms with Crippen molar-refractivity contribution in [3.05, 3.63) is 83.4 Å². The lowest BCUT2D eigenvalue weighted by atomic mass is 9.91. The van der Waals surface area contributed by atoms with E-state index in [-0.39, 0.29) is 30.6 Å². The van der Waals surface area contributed by atoms with Crippen LogP contribution in [0, 0.1) is 0 Å². The van der Waals surface area contributed by atoms with Crippen molar-refractivity contribution in [2.45, 2.75) is 32.4 Å². The molecule has 0 spiro atoms. The number of hydrogen-bond donors (Lipinski definition) is 0. The minimum atomic E-state index is -0.353. The molecule has 5 nitrogen and oxygen atoms in total. The van der Waals surface area contributed by atoms with E-state index < -0.39 is 0 Å². The summed E-state index contributed by atoms with van der Waals surface area (Å²) in [6.45, 7) is 2.92. The van der Waals surface area contributed by atoms with E-state index in [2.05, 4.69) is 0 Å². The maximum atomic E-state index is 12.8. The Kier molecular flexibility index (Phi) is 7.47. The van der Waals surface area contributed by atoms with Gasteiger partial charge >= 0.3 is 5.97 Å². The summed E-state index contributed by atoms with van der Waals surface area (Å²) >= 11 is 0. The van der Waals surface area contributed by atoms with Crippen LogP contribution in [0.15, 0.2) is 77.3 Å². The fourth-order valence-corrected chi connectivity index (χ4v) is 3.18.